The van der Waals surface area contributed by atoms with Crippen molar-refractivity contribution in [3.05, 3.63) is 59.2 Å². The molecule has 5 heteroatoms. The van der Waals surface area contributed by atoms with Gasteiger partial charge in [0.05, 0.1) is 5.92 Å². The Balaban J connectivity index is 1.71. The molecule has 0 bridgehead atoms. The van der Waals surface area contributed by atoms with Gasteiger partial charge in [-0.05, 0) is 62.2 Å². The van der Waals surface area contributed by atoms with Crippen LogP contribution in [0.5, 0.6) is 0 Å². The number of aryl methyl sites for hydroxylation is 1. The fraction of sp³-hybridized carbons (Fsp3) is 0.286. The van der Waals surface area contributed by atoms with Gasteiger partial charge in [0.1, 0.15) is 0 Å². The topological polar surface area (TPSA) is 66.5 Å². The fourth-order valence-corrected chi connectivity index (χ4v) is 3.13. The molecule has 0 spiro atoms. The van der Waals surface area contributed by atoms with Gasteiger partial charge in [-0.2, -0.15) is 0 Å². The number of benzene rings is 2. The van der Waals surface area contributed by atoms with E-state index in [0.29, 0.717) is 17.8 Å². The average molecular weight is 350 g/mol. The highest BCUT2D eigenvalue weighted by molar-refractivity contribution is 6.04. The summed E-state index contributed by atoms with van der Waals surface area (Å²) in [5.74, 6) is -0.637. The first-order valence-electron chi connectivity index (χ1n) is 8.65. The lowest BCUT2D eigenvalue weighted by Crippen LogP contribution is -2.28. The monoisotopic (exact) mass is 350 g/mol. The molecule has 2 amide bonds. The molecule has 1 fully saturated rings. The van der Waals surface area contributed by atoms with E-state index >= 15 is 0 Å². The molecule has 1 unspecified atom stereocenters. The number of carbonyl (C=O) groups excluding carboxylic acids is 3. The zero-order chi connectivity index (χ0) is 18.8. The molecular formula is C21H22N2O3. The van der Waals surface area contributed by atoms with E-state index in [0.717, 1.165) is 16.8 Å². The van der Waals surface area contributed by atoms with Crippen LogP contribution in [0.1, 0.15) is 34.8 Å². The van der Waals surface area contributed by atoms with Crippen molar-refractivity contribution in [2.75, 3.05) is 16.8 Å². The largest absolute Gasteiger partial charge is 0.326 e. The molecule has 26 heavy (non-hydrogen) atoms. The van der Waals surface area contributed by atoms with Gasteiger partial charge in [0.25, 0.3) is 0 Å². The Bertz CT molecular complexity index is 871. The molecule has 0 radical (unpaired) electrons. The number of ketones is 1. The van der Waals surface area contributed by atoms with Gasteiger partial charge in [0, 0.05) is 29.9 Å². The van der Waals surface area contributed by atoms with Crippen LogP contribution in [0.15, 0.2) is 42.5 Å². The van der Waals surface area contributed by atoms with Crippen LogP contribution >= 0.6 is 0 Å². The van der Waals surface area contributed by atoms with Crippen LogP contribution in [0.2, 0.25) is 0 Å². The van der Waals surface area contributed by atoms with Gasteiger partial charge in [-0.15, -0.1) is 0 Å². The van der Waals surface area contributed by atoms with Gasteiger partial charge in [0.2, 0.25) is 11.8 Å². The summed E-state index contributed by atoms with van der Waals surface area (Å²) in [6, 6.07) is 12.7. The second-order valence-electron chi connectivity index (χ2n) is 6.75. The van der Waals surface area contributed by atoms with E-state index in [2.05, 4.69) is 5.32 Å². The molecule has 2 aromatic rings. The highest BCUT2D eigenvalue weighted by atomic mass is 16.2. The van der Waals surface area contributed by atoms with E-state index in [9.17, 15) is 14.4 Å². The minimum Gasteiger partial charge on any atom is -0.326 e. The molecule has 1 heterocycles. The Morgan fingerprint density at radius 2 is 1.77 bits per heavy atom. The van der Waals surface area contributed by atoms with E-state index in [1.165, 1.54) is 6.92 Å². The van der Waals surface area contributed by atoms with Gasteiger partial charge in [-0.25, -0.2) is 0 Å². The van der Waals surface area contributed by atoms with Crippen molar-refractivity contribution < 1.29 is 14.4 Å². The molecule has 3 rings (SSSR count). The number of nitrogens with zero attached hydrogens (tertiary/aromatic N) is 1. The second-order valence-corrected chi connectivity index (χ2v) is 6.75. The lowest BCUT2D eigenvalue weighted by molar-refractivity contribution is -0.122. The molecule has 1 aliphatic heterocycles. The number of carbonyl (C=O) groups is 3. The molecule has 5 nitrogen and oxygen atoms in total. The van der Waals surface area contributed by atoms with Crippen LogP contribution in [0.4, 0.5) is 11.4 Å². The Labute approximate surface area is 153 Å². The van der Waals surface area contributed by atoms with Crippen LogP contribution in [-0.2, 0) is 9.59 Å². The smallest absolute Gasteiger partial charge is 0.229 e. The molecule has 1 atom stereocenters. The number of anilines is 2. The minimum atomic E-state index is -0.394. The van der Waals surface area contributed by atoms with Crippen molar-refractivity contribution in [3.8, 4) is 0 Å². The molecule has 1 N–H and O–H groups in total. The Morgan fingerprint density at radius 3 is 2.42 bits per heavy atom. The van der Waals surface area contributed by atoms with Crippen molar-refractivity contribution >= 4 is 29.0 Å². The van der Waals surface area contributed by atoms with E-state index < -0.39 is 5.92 Å². The quantitative estimate of drug-likeness (QED) is 0.858. The van der Waals surface area contributed by atoms with Crippen molar-refractivity contribution in [1.82, 2.24) is 0 Å². The maximum absolute atomic E-state index is 12.6. The SMILES string of the molecule is CC(=O)c1ccc(N2CC(C(=O)Nc3cccc(C)c3C)CC2=O)cc1. The van der Waals surface area contributed by atoms with Crippen LogP contribution in [-0.4, -0.2) is 24.1 Å². The van der Waals surface area contributed by atoms with Gasteiger partial charge in [0.15, 0.2) is 5.78 Å². The highest BCUT2D eigenvalue weighted by Crippen LogP contribution is 2.27. The van der Waals surface area contributed by atoms with E-state index in [1.54, 1.807) is 29.2 Å². The summed E-state index contributed by atoms with van der Waals surface area (Å²) >= 11 is 0. The van der Waals surface area contributed by atoms with E-state index in [4.69, 9.17) is 0 Å². The fourth-order valence-electron chi connectivity index (χ4n) is 3.13. The van der Waals surface area contributed by atoms with Crippen LogP contribution < -0.4 is 10.2 Å². The van der Waals surface area contributed by atoms with Crippen LogP contribution in [0, 0.1) is 19.8 Å². The van der Waals surface area contributed by atoms with Gasteiger partial charge in [-0.3, -0.25) is 14.4 Å². The second kappa shape index (κ2) is 7.12. The van der Waals surface area contributed by atoms with Crippen molar-refractivity contribution in [3.63, 3.8) is 0 Å². The third kappa shape index (κ3) is 3.52. The molecule has 0 saturated carbocycles. The number of Topliss-reactive ketones (excluding diaryl/α,β-unsaturated/α-hetero) is 1. The molecule has 1 saturated heterocycles. The molecule has 2 aromatic carbocycles. The normalized spacial score (nSPS) is 16.7. The Kier molecular flexibility index (Phi) is 4.89. The summed E-state index contributed by atoms with van der Waals surface area (Å²) in [4.78, 5) is 38.0. The molecule has 0 aromatic heterocycles. The maximum atomic E-state index is 12.6. The third-order valence-electron chi connectivity index (χ3n) is 4.94. The summed E-state index contributed by atoms with van der Waals surface area (Å²) < 4.78 is 0. The number of rotatable bonds is 4. The maximum Gasteiger partial charge on any atom is 0.229 e. The predicted molar refractivity (Wildman–Crippen MR) is 101 cm³/mol. The molecule has 1 aliphatic rings. The summed E-state index contributed by atoms with van der Waals surface area (Å²) in [7, 11) is 0. The van der Waals surface area contributed by atoms with Crippen LogP contribution in [0.3, 0.4) is 0 Å². The van der Waals surface area contributed by atoms with Crippen LogP contribution in [0.25, 0.3) is 0 Å². The van der Waals surface area contributed by atoms with Gasteiger partial charge >= 0.3 is 0 Å². The summed E-state index contributed by atoms with van der Waals surface area (Å²) in [5, 5.41) is 2.95. The highest BCUT2D eigenvalue weighted by Gasteiger charge is 2.35. The van der Waals surface area contributed by atoms with E-state index in [1.807, 2.05) is 32.0 Å². The Hall–Kier alpha value is -2.95. The van der Waals surface area contributed by atoms with E-state index in [-0.39, 0.29) is 24.0 Å². The number of amides is 2. The molecule has 134 valence electrons. The zero-order valence-electron chi connectivity index (χ0n) is 15.2. The molecule has 0 aliphatic carbocycles. The molecular weight excluding hydrogens is 328 g/mol. The summed E-state index contributed by atoms with van der Waals surface area (Å²) in [6.07, 6.45) is 0.186. The number of nitrogens with one attached hydrogen (secondary N) is 1. The number of hydrogen-bond acceptors (Lipinski definition) is 3. The first-order chi connectivity index (χ1) is 12.4. The third-order valence-corrected chi connectivity index (χ3v) is 4.94. The van der Waals surface area contributed by atoms with Gasteiger partial charge in [-0.1, -0.05) is 12.1 Å². The predicted octanol–water partition coefficient (Wildman–Crippen LogP) is 3.50. The number of hydrogen-bond donors (Lipinski definition) is 1. The standard InChI is InChI=1S/C21H22N2O3/c1-13-5-4-6-19(14(13)2)22-21(26)17-11-20(25)23(12-17)18-9-7-16(8-10-18)15(3)24/h4-10,17H,11-12H2,1-3H3,(H,22,26). The average Bonchev–Trinajstić information content (AvgIpc) is 3.01. The first kappa shape index (κ1) is 17.9. The first-order valence-corrected chi connectivity index (χ1v) is 8.65. The van der Waals surface area contributed by atoms with Crippen molar-refractivity contribution in [1.29, 1.82) is 0 Å². The lowest BCUT2D eigenvalue weighted by Gasteiger charge is -2.17. The van der Waals surface area contributed by atoms with Gasteiger partial charge < -0.3 is 10.2 Å². The lowest BCUT2D eigenvalue weighted by atomic mass is 10.1. The Morgan fingerprint density at radius 1 is 1.08 bits per heavy atom. The summed E-state index contributed by atoms with van der Waals surface area (Å²) in [5.41, 5.74) is 4.23. The zero-order valence-corrected chi connectivity index (χ0v) is 15.2. The summed E-state index contributed by atoms with van der Waals surface area (Å²) in [6.45, 7) is 5.81. The minimum absolute atomic E-state index is 0.0184. The van der Waals surface area contributed by atoms with Crippen molar-refractivity contribution in [2.24, 2.45) is 5.92 Å². The van der Waals surface area contributed by atoms with Crippen molar-refractivity contribution in [2.45, 2.75) is 27.2 Å².